The van der Waals surface area contributed by atoms with E-state index in [1.165, 1.54) is 0 Å². The molecule has 6 heterocycles. The van der Waals surface area contributed by atoms with Crippen molar-refractivity contribution in [2.24, 2.45) is 7.05 Å². The number of aromatic nitrogens is 5. The van der Waals surface area contributed by atoms with Gasteiger partial charge in [0.2, 0.25) is 0 Å². The van der Waals surface area contributed by atoms with Crippen LogP contribution in [0.2, 0.25) is 0 Å². The van der Waals surface area contributed by atoms with Gasteiger partial charge in [0.15, 0.2) is 0 Å². The molecule has 10 nitrogen and oxygen atoms in total. The molecule has 35 heavy (non-hydrogen) atoms. The minimum Gasteiger partial charge on any atom is -0.465 e. The van der Waals surface area contributed by atoms with Gasteiger partial charge in [0.1, 0.15) is 11.9 Å². The van der Waals surface area contributed by atoms with Gasteiger partial charge in [0.05, 0.1) is 29.0 Å². The molecule has 0 aliphatic carbocycles. The number of anilines is 1. The van der Waals surface area contributed by atoms with Crippen molar-refractivity contribution < 1.29 is 9.90 Å². The zero-order chi connectivity index (χ0) is 24.2. The second kappa shape index (κ2) is 7.84. The first-order valence-electron chi connectivity index (χ1n) is 11.6. The Kier molecular flexibility index (Phi) is 4.74. The number of carboxylic acid groups (broad SMARTS) is 1. The number of amides is 1. The predicted molar refractivity (Wildman–Crippen MR) is 129 cm³/mol. The zero-order valence-corrected chi connectivity index (χ0v) is 19.3. The number of hydrogen-bond acceptors (Lipinski definition) is 6. The van der Waals surface area contributed by atoms with E-state index < -0.39 is 6.09 Å². The maximum atomic E-state index is 11.7. The van der Waals surface area contributed by atoms with E-state index >= 15 is 0 Å². The fourth-order valence-corrected chi connectivity index (χ4v) is 5.60. The minimum absolute atomic E-state index is 0.310. The number of rotatable bonds is 3. The third-order valence-corrected chi connectivity index (χ3v) is 7.31. The number of nitriles is 1. The highest BCUT2D eigenvalue weighted by molar-refractivity contribution is 5.87. The van der Waals surface area contributed by atoms with Gasteiger partial charge in [0, 0.05) is 67.5 Å². The van der Waals surface area contributed by atoms with Crippen molar-refractivity contribution in [2.45, 2.75) is 24.8 Å². The summed E-state index contributed by atoms with van der Waals surface area (Å²) < 4.78 is 3.48. The Bertz CT molecular complexity index is 1480. The fraction of sp³-hybridized carbons (Fsp3) is 0.320. The second-order valence-corrected chi connectivity index (χ2v) is 9.35. The number of fused-ring (bicyclic) bond motifs is 1. The van der Waals surface area contributed by atoms with E-state index in [1.54, 1.807) is 26.5 Å². The number of likely N-dealkylation sites (tertiary alicyclic amines) is 1. The quantitative estimate of drug-likeness (QED) is 0.490. The van der Waals surface area contributed by atoms with Crippen molar-refractivity contribution in [2.75, 3.05) is 24.5 Å². The molecule has 1 amide bonds. The topological polar surface area (TPSA) is 116 Å². The highest BCUT2D eigenvalue weighted by Crippen LogP contribution is 2.39. The molecule has 4 aromatic rings. The van der Waals surface area contributed by atoms with Crippen molar-refractivity contribution in [3.8, 4) is 28.3 Å². The van der Waals surface area contributed by atoms with Gasteiger partial charge in [-0.25, -0.2) is 14.3 Å². The Morgan fingerprint density at radius 2 is 1.97 bits per heavy atom. The highest BCUT2D eigenvalue weighted by Gasteiger charge is 2.48. The van der Waals surface area contributed by atoms with Gasteiger partial charge in [-0.2, -0.15) is 15.5 Å². The lowest BCUT2D eigenvalue weighted by Gasteiger charge is -2.33. The molecule has 0 aromatic carbocycles. The van der Waals surface area contributed by atoms with Crippen LogP contribution in [0.1, 0.15) is 24.8 Å². The molecule has 1 N–H and O–H groups in total. The van der Waals surface area contributed by atoms with E-state index in [0.29, 0.717) is 18.7 Å². The van der Waals surface area contributed by atoms with Crippen LogP contribution in [0.25, 0.3) is 27.8 Å². The summed E-state index contributed by atoms with van der Waals surface area (Å²) in [4.78, 5) is 20.3. The maximum absolute atomic E-state index is 11.7. The van der Waals surface area contributed by atoms with Crippen LogP contribution in [0, 0.1) is 11.3 Å². The first-order valence-corrected chi connectivity index (χ1v) is 11.6. The summed E-state index contributed by atoms with van der Waals surface area (Å²) in [5.41, 5.74) is 4.56. The molecule has 0 saturated carbocycles. The number of carbonyl (C=O) groups is 1. The van der Waals surface area contributed by atoms with Crippen LogP contribution in [-0.4, -0.2) is 65.7 Å². The van der Waals surface area contributed by atoms with Gasteiger partial charge in [-0.1, -0.05) is 0 Å². The molecule has 2 fully saturated rings. The third kappa shape index (κ3) is 3.39. The molecule has 6 rings (SSSR count). The summed E-state index contributed by atoms with van der Waals surface area (Å²) in [6.07, 6.45) is 10.8. The van der Waals surface area contributed by atoms with Crippen LogP contribution in [-0.2, 0) is 7.05 Å². The summed E-state index contributed by atoms with van der Waals surface area (Å²) >= 11 is 0. The lowest BCUT2D eigenvalue weighted by molar-refractivity contribution is 0.111. The Balaban J connectivity index is 1.36. The number of pyridine rings is 2. The normalized spacial score (nSPS) is 19.7. The van der Waals surface area contributed by atoms with Gasteiger partial charge in [-0.05, 0) is 37.5 Å². The largest absolute Gasteiger partial charge is 0.465 e. The Morgan fingerprint density at radius 3 is 2.69 bits per heavy atom. The first-order chi connectivity index (χ1) is 17.0. The maximum Gasteiger partial charge on any atom is 0.407 e. The van der Waals surface area contributed by atoms with Gasteiger partial charge in [-0.3, -0.25) is 4.68 Å². The average molecular weight is 469 g/mol. The molecule has 4 aromatic heterocycles. The van der Waals surface area contributed by atoms with E-state index in [1.807, 2.05) is 43.8 Å². The number of aryl methyl sites for hydroxylation is 1. The SMILES string of the molecule is Cn1cc(-c2cc(-c3ccc(N4CCC5(CCCN5C(=O)O)C4)nc3)c3c(C#N)cnn3c2)cn1. The minimum atomic E-state index is -0.834. The van der Waals surface area contributed by atoms with E-state index in [4.69, 9.17) is 4.98 Å². The van der Waals surface area contributed by atoms with Crippen molar-refractivity contribution in [3.63, 3.8) is 0 Å². The Labute approximate surface area is 201 Å². The molecule has 0 bridgehead atoms. The van der Waals surface area contributed by atoms with Gasteiger partial charge in [-0.15, -0.1) is 0 Å². The predicted octanol–water partition coefficient (Wildman–Crippen LogP) is 3.39. The first kappa shape index (κ1) is 21.2. The van der Waals surface area contributed by atoms with Crippen LogP contribution in [0.15, 0.2) is 49.2 Å². The lowest BCUT2D eigenvalue weighted by Crippen LogP contribution is -2.48. The Morgan fingerprint density at radius 1 is 1.09 bits per heavy atom. The molecule has 2 saturated heterocycles. The van der Waals surface area contributed by atoms with E-state index in [2.05, 4.69) is 21.2 Å². The van der Waals surface area contributed by atoms with Crippen LogP contribution >= 0.6 is 0 Å². The van der Waals surface area contributed by atoms with Crippen molar-refractivity contribution in [1.29, 1.82) is 5.26 Å². The third-order valence-electron chi connectivity index (χ3n) is 7.31. The standard InChI is InChI=1S/C25H24N8O2/c1-30-14-20(13-28-30)18-9-21(23-19(10-26)12-29-33(23)15-18)17-3-4-22(27-11-17)31-8-6-25(16-31)5-2-7-32(25)24(34)35/h3-4,9,11-15H,2,5-8,16H2,1H3,(H,34,35). The molecular weight excluding hydrogens is 444 g/mol. The number of hydrogen-bond donors (Lipinski definition) is 1. The molecular formula is C25H24N8O2. The summed E-state index contributed by atoms with van der Waals surface area (Å²) in [5.74, 6) is 0.830. The molecule has 0 radical (unpaired) electrons. The van der Waals surface area contributed by atoms with Crippen LogP contribution < -0.4 is 4.90 Å². The van der Waals surface area contributed by atoms with Crippen LogP contribution in [0.3, 0.4) is 0 Å². The molecule has 1 unspecified atom stereocenters. The van der Waals surface area contributed by atoms with Crippen molar-refractivity contribution in [3.05, 3.63) is 54.7 Å². The van der Waals surface area contributed by atoms with E-state index in [9.17, 15) is 15.2 Å². The molecule has 1 atom stereocenters. The van der Waals surface area contributed by atoms with Crippen molar-refractivity contribution >= 4 is 17.4 Å². The van der Waals surface area contributed by atoms with Crippen LogP contribution in [0.4, 0.5) is 10.6 Å². The molecule has 2 aliphatic rings. The van der Waals surface area contributed by atoms with Crippen LogP contribution in [0.5, 0.6) is 0 Å². The molecule has 10 heteroatoms. The lowest BCUT2D eigenvalue weighted by atomic mass is 9.95. The fourth-order valence-electron chi connectivity index (χ4n) is 5.60. The summed E-state index contributed by atoms with van der Waals surface area (Å²) in [5, 5.41) is 28.0. The number of nitrogens with zero attached hydrogens (tertiary/aromatic N) is 8. The molecule has 1 spiro atoms. The second-order valence-electron chi connectivity index (χ2n) is 9.35. The molecule has 176 valence electrons. The summed E-state index contributed by atoms with van der Waals surface area (Å²) in [6, 6.07) is 8.26. The monoisotopic (exact) mass is 468 g/mol. The van der Waals surface area contributed by atoms with Gasteiger partial charge >= 0.3 is 6.09 Å². The highest BCUT2D eigenvalue weighted by atomic mass is 16.4. The zero-order valence-electron chi connectivity index (χ0n) is 19.3. The summed E-state index contributed by atoms with van der Waals surface area (Å²) in [6.45, 7) is 2.04. The van der Waals surface area contributed by atoms with Gasteiger partial charge < -0.3 is 14.9 Å². The summed E-state index contributed by atoms with van der Waals surface area (Å²) in [7, 11) is 1.87. The van der Waals surface area contributed by atoms with E-state index in [-0.39, 0.29) is 5.54 Å². The van der Waals surface area contributed by atoms with Crippen molar-refractivity contribution in [1.82, 2.24) is 29.3 Å². The van der Waals surface area contributed by atoms with Gasteiger partial charge in [0.25, 0.3) is 0 Å². The van der Waals surface area contributed by atoms with E-state index in [0.717, 1.165) is 59.4 Å². The molecule has 2 aliphatic heterocycles. The Hall–Kier alpha value is -4.39. The average Bonchev–Trinajstić information content (AvgIpc) is 3.66. The smallest absolute Gasteiger partial charge is 0.407 e.